The third kappa shape index (κ3) is 3.49. The molecule has 2 aliphatic rings. The second-order valence-corrected chi connectivity index (χ2v) is 10.1. The number of carbonyl (C=O) groups is 2. The van der Waals surface area contributed by atoms with Crippen molar-refractivity contribution >= 4 is 21.7 Å². The van der Waals surface area contributed by atoms with E-state index in [-0.39, 0.29) is 36.0 Å². The zero-order valence-electron chi connectivity index (χ0n) is 16.8. The zero-order valence-corrected chi connectivity index (χ0v) is 17.6. The van der Waals surface area contributed by atoms with Crippen LogP contribution in [0.4, 0.5) is 0 Å². The van der Waals surface area contributed by atoms with Crippen LogP contribution in [0.25, 0.3) is 0 Å². The standard InChI is InChI=1S/C20H24N4O4S/c1-13-18(14(2)24(21-13)15-8-9-29(27,28)11-15)10-22(3)12-23-19(25)16-6-4-5-7-17(16)20(23)26/h4-7,15H,8-12H2,1-3H3/t15-/m1/s1. The lowest BCUT2D eigenvalue weighted by Crippen LogP contribution is -2.39. The summed E-state index contributed by atoms with van der Waals surface area (Å²) in [6.07, 6.45) is 0.578. The maximum absolute atomic E-state index is 12.6. The minimum Gasteiger partial charge on any atom is -0.284 e. The molecule has 0 N–H and O–H groups in total. The molecule has 2 aromatic rings. The molecule has 154 valence electrons. The first kappa shape index (κ1) is 19.8. The summed E-state index contributed by atoms with van der Waals surface area (Å²) in [4.78, 5) is 28.3. The summed E-state index contributed by atoms with van der Waals surface area (Å²) >= 11 is 0. The Morgan fingerprint density at radius 3 is 2.31 bits per heavy atom. The second-order valence-electron chi connectivity index (χ2n) is 7.89. The van der Waals surface area contributed by atoms with Crippen LogP contribution in [0.3, 0.4) is 0 Å². The summed E-state index contributed by atoms with van der Waals surface area (Å²) in [5.74, 6) is -0.236. The van der Waals surface area contributed by atoms with E-state index in [0.717, 1.165) is 17.0 Å². The van der Waals surface area contributed by atoms with E-state index in [1.54, 1.807) is 24.3 Å². The van der Waals surface area contributed by atoms with Gasteiger partial charge < -0.3 is 0 Å². The van der Waals surface area contributed by atoms with Crippen molar-refractivity contribution in [1.29, 1.82) is 0 Å². The van der Waals surface area contributed by atoms with Gasteiger partial charge in [0.25, 0.3) is 11.8 Å². The summed E-state index contributed by atoms with van der Waals surface area (Å²) in [5, 5.41) is 4.58. The maximum atomic E-state index is 12.6. The maximum Gasteiger partial charge on any atom is 0.262 e. The lowest BCUT2D eigenvalue weighted by atomic mass is 10.1. The van der Waals surface area contributed by atoms with Crippen molar-refractivity contribution < 1.29 is 18.0 Å². The number of hydrogen-bond donors (Lipinski definition) is 0. The quantitative estimate of drug-likeness (QED) is 0.687. The molecule has 0 spiro atoms. The number of imide groups is 1. The highest BCUT2D eigenvalue weighted by molar-refractivity contribution is 7.91. The number of aryl methyl sites for hydroxylation is 1. The molecule has 1 saturated heterocycles. The van der Waals surface area contributed by atoms with Gasteiger partial charge in [-0.3, -0.25) is 24.1 Å². The van der Waals surface area contributed by atoms with Crippen LogP contribution < -0.4 is 0 Å². The normalized spacial score (nSPS) is 20.7. The van der Waals surface area contributed by atoms with Gasteiger partial charge in [0.2, 0.25) is 0 Å². The van der Waals surface area contributed by atoms with Gasteiger partial charge in [-0.2, -0.15) is 5.10 Å². The molecule has 4 rings (SSSR count). The van der Waals surface area contributed by atoms with Gasteiger partial charge >= 0.3 is 0 Å². The molecule has 0 saturated carbocycles. The van der Waals surface area contributed by atoms with Gasteiger partial charge in [0.1, 0.15) is 0 Å². The predicted octanol–water partition coefficient (Wildman–Crippen LogP) is 1.55. The van der Waals surface area contributed by atoms with Crippen LogP contribution in [-0.2, 0) is 16.4 Å². The summed E-state index contributed by atoms with van der Waals surface area (Å²) < 4.78 is 25.5. The van der Waals surface area contributed by atoms with Crippen LogP contribution in [0.15, 0.2) is 24.3 Å². The van der Waals surface area contributed by atoms with Crippen LogP contribution in [-0.4, -0.2) is 65.0 Å². The van der Waals surface area contributed by atoms with Crippen LogP contribution in [0, 0.1) is 13.8 Å². The molecule has 2 aliphatic heterocycles. The number of nitrogens with zero attached hydrogens (tertiary/aromatic N) is 4. The third-order valence-electron chi connectivity index (χ3n) is 5.72. The van der Waals surface area contributed by atoms with Gasteiger partial charge in [0, 0.05) is 17.8 Å². The number of fused-ring (bicyclic) bond motifs is 1. The molecule has 0 aliphatic carbocycles. The fourth-order valence-corrected chi connectivity index (χ4v) is 5.87. The van der Waals surface area contributed by atoms with E-state index in [0.29, 0.717) is 24.1 Å². The summed E-state index contributed by atoms with van der Waals surface area (Å²) in [6.45, 7) is 4.52. The number of carbonyl (C=O) groups excluding carboxylic acids is 2. The average Bonchev–Trinajstić information content (AvgIpc) is 3.25. The smallest absolute Gasteiger partial charge is 0.262 e. The SMILES string of the molecule is Cc1nn([C@@H]2CCS(=O)(=O)C2)c(C)c1CN(C)CN1C(=O)c2ccccc2C1=O. The van der Waals surface area contributed by atoms with Crippen molar-refractivity contribution in [3.8, 4) is 0 Å². The molecule has 3 heterocycles. The summed E-state index contributed by atoms with van der Waals surface area (Å²) in [5.41, 5.74) is 3.63. The van der Waals surface area contributed by atoms with Gasteiger partial charge in [-0.05, 0) is 39.4 Å². The summed E-state index contributed by atoms with van der Waals surface area (Å²) in [6, 6.07) is 6.71. The number of benzene rings is 1. The molecule has 1 atom stereocenters. The van der Waals surface area contributed by atoms with Crippen molar-refractivity contribution in [3.63, 3.8) is 0 Å². The van der Waals surface area contributed by atoms with E-state index in [9.17, 15) is 18.0 Å². The van der Waals surface area contributed by atoms with Crippen LogP contribution in [0.1, 0.15) is 50.1 Å². The Balaban J connectivity index is 1.49. The number of hydrogen-bond acceptors (Lipinski definition) is 6. The largest absolute Gasteiger partial charge is 0.284 e. The summed E-state index contributed by atoms with van der Waals surface area (Å²) in [7, 11) is -1.15. The molecular weight excluding hydrogens is 392 g/mol. The van der Waals surface area contributed by atoms with E-state index >= 15 is 0 Å². The van der Waals surface area contributed by atoms with Gasteiger partial charge in [-0.1, -0.05) is 12.1 Å². The number of aromatic nitrogens is 2. The Kier molecular flexibility index (Phi) is 4.82. The topological polar surface area (TPSA) is 92.6 Å². The van der Waals surface area contributed by atoms with Crippen LogP contribution >= 0.6 is 0 Å². The van der Waals surface area contributed by atoms with Gasteiger partial charge in [0.05, 0.1) is 41.0 Å². The van der Waals surface area contributed by atoms with E-state index < -0.39 is 9.84 Å². The molecule has 0 unspecified atom stereocenters. The van der Waals surface area contributed by atoms with Crippen molar-refractivity contribution in [2.24, 2.45) is 0 Å². The Bertz CT molecular complexity index is 1070. The number of rotatable bonds is 5. The van der Waals surface area contributed by atoms with Crippen molar-refractivity contribution in [2.75, 3.05) is 25.2 Å². The van der Waals surface area contributed by atoms with Gasteiger partial charge in [-0.25, -0.2) is 8.42 Å². The molecule has 8 nitrogen and oxygen atoms in total. The molecule has 1 aromatic heterocycles. The van der Waals surface area contributed by atoms with Gasteiger partial charge in [-0.15, -0.1) is 0 Å². The molecule has 29 heavy (non-hydrogen) atoms. The van der Waals surface area contributed by atoms with Crippen LogP contribution in [0.2, 0.25) is 0 Å². The first-order valence-electron chi connectivity index (χ1n) is 9.56. The van der Waals surface area contributed by atoms with Crippen molar-refractivity contribution in [2.45, 2.75) is 32.9 Å². The number of sulfone groups is 1. The second kappa shape index (κ2) is 7.07. The monoisotopic (exact) mass is 416 g/mol. The number of amides is 2. The van der Waals surface area contributed by atoms with Gasteiger partial charge in [0.15, 0.2) is 9.84 Å². The highest BCUT2D eigenvalue weighted by Gasteiger charge is 2.36. The molecular formula is C20H24N4O4S. The minimum absolute atomic E-state index is 0.124. The average molecular weight is 417 g/mol. The van der Waals surface area contributed by atoms with E-state index in [1.165, 1.54) is 4.90 Å². The molecule has 1 fully saturated rings. The first-order valence-corrected chi connectivity index (χ1v) is 11.4. The van der Waals surface area contributed by atoms with Crippen molar-refractivity contribution in [3.05, 3.63) is 52.3 Å². The third-order valence-corrected chi connectivity index (χ3v) is 7.47. The van der Waals surface area contributed by atoms with Crippen LogP contribution in [0.5, 0.6) is 0 Å². The minimum atomic E-state index is -2.99. The first-order chi connectivity index (χ1) is 13.7. The highest BCUT2D eigenvalue weighted by atomic mass is 32.2. The Morgan fingerprint density at radius 2 is 1.76 bits per heavy atom. The van der Waals surface area contributed by atoms with E-state index in [2.05, 4.69) is 5.10 Å². The molecule has 0 bridgehead atoms. The fourth-order valence-electron chi connectivity index (χ4n) is 4.18. The zero-order chi connectivity index (χ0) is 20.9. The molecule has 1 aromatic carbocycles. The molecule has 9 heteroatoms. The lowest BCUT2D eigenvalue weighted by molar-refractivity contribution is 0.0559. The van der Waals surface area contributed by atoms with E-state index in [4.69, 9.17) is 0 Å². The Morgan fingerprint density at radius 1 is 1.14 bits per heavy atom. The molecule has 0 radical (unpaired) electrons. The predicted molar refractivity (Wildman–Crippen MR) is 107 cm³/mol. The Hall–Kier alpha value is -2.52. The molecule has 2 amide bonds. The Labute approximate surface area is 170 Å². The lowest BCUT2D eigenvalue weighted by Gasteiger charge is -2.23. The van der Waals surface area contributed by atoms with E-state index in [1.807, 2.05) is 30.5 Å². The fraction of sp³-hybridized carbons (Fsp3) is 0.450. The highest BCUT2D eigenvalue weighted by Crippen LogP contribution is 2.28. The van der Waals surface area contributed by atoms with Crippen molar-refractivity contribution in [1.82, 2.24) is 19.6 Å².